The van der Waals surface area contributed by atoms with Crippen LogP contribution in [-0.2, 0) is 13.1 Å². The molecule has 6 heteroatoms. The Morgan fingerprint density at radius 2 is 1.53 bits per heavy atom. The lowest BCUT2D eigenvalue weighted by Gasteiger charge is -2.34. The van der Waals surface area contributed by atoms with Gasteiger partial charge in [0.05, 0.1) is 0 Å². The topological polar surface area (TPSA) is 50.9 Å². The number of para-hydroxylation sites is 1. The largest absolute Gasteiger partial charge is 0.373 e. The van der Waals surface area contributed by atoms with Crippen LogP contribution in [-0.4, -0.2) is 68.7 Å². The van der Waals surface area contributed by atoms with E-state index in [0.29, 0.717) is 13.1 Å². The number of nitrogens with zero attached hydrogens (tertiary/aromatic N) is 3. The number of carbonyl (C=O) groups excluding carboxylic acids is 1. The highest BCUT2D eigenvalue weighted by atomic mass is 16.2. The van der Waals surface area contributed by atoms with Crippen molar-refractivity contribution in [3.63, 3.8) is 0 Å². The summed E-state index contributed by atoms with van der Waals surface area (Å²) in [5.74, 6) is 0. The first kappa shape index (κ1) is 22.1. The molecule has 1 saturated heterocycles. The van der Waals surface area contributed by atoms with E-state index >= 15 is 0 Å². The molecule has 0 aromatic heterocycles. The molecule has 0 spiro atoms. The molecule has 1 heterocycles. The van der Waals surface area contributed by atoms with Crippen LogP contribution in [0.5, 0.6) is 0 Å². The fourth-order valence-electron chi connectivity index (χ4n) is 3.68. The molecule has 3 rings (SSSR count). The molecule has 30 heavy (non-hydrogen) atoms. The molecule has 1 aliphatic heterocycles. The second-order valence-electron chi connectivity index (χ2n) is 7.89. The van der Waals surface area contributed by atoms with Gasteiger partial charge in [-0.1, -0.05) is 49.4 Å². The zero-order valence-corrected chi connectivity index (χ0v) is 18.3. The molecule has 2 aromatic carbocycles. The van der Waals surface area contributed by atoms with Crippen LogP contribution in [0.25, 0.3) is 0 Å². The minimum absolute atomic E-state index is 0.130. The average molecular weight is 410 g/mol. The highest BCUT2D eigenvalue weighted by molar-refractivity contribution is 5.73. The Balaban J connectivity index is 1.33. The first-order chi connectivity index (χ1) is 14.6. The Hall–Kier alpha value is -2.57. The molecular weight excluding hydrogens is 374 g/mol. The van der Waals surface area contributed by atoms with Crippen LogP contribution in [0.15, 0.2) is 54.6 Å². The predicted molar refractivity (Wildman–Crippen MR) is 124 cm³/mol. The molecule has 0 aliphatic carbocycles. The van der Waals surface area contributed by atoms with Crippen molar-refractivity contribution in [2.75, 3.05) is 57.8 Å². The second kappa shape index (κ2) is 11.6. The Morgan fingerprint density at radius 1 is 0.900 bits per heavy atom. The van der Waals surface area contributed by atoms with Gasteiger partial charge in [0.1, 0.15) is 0 Å². The molecule has 162 valence electrons. The molecule has 2 aromatic rings. The van der Waals surface area contributed by atoms with Gasteiger partial charge in [-0.05, 0) is 29.8 Å². The lowest BCUT2D eigenvalue weighted by atomic mass is 10.1. The minimum Gasteiger partial charge on any atom is -0.373 e. The van der Waals surface area contributed by atoms with E-state index in [1.54, 1.807) is 0 Å². The Labute approximate surface area is 180 Å². The van der Waals surface area contributed by atoms with Crippen molar-refractivity contribution in [3.8, 4) is 0 Å². The van der Waals surface area contributed by atoms with Gasteiger partial charge >= 0.3 is 6.03 Å². The summed E-state index contributed by atoms with van der Waals surface area (Å²) in [6, 6.07) is 18.6. The monoisotopic (exact) mass is 409 g/mol. The Kier molecular flexibility index (Phi) is 8.53. The molecule has 2 amide bonds. The number of urea groups is 1. The van der Waals surface area contributed by atoms with E-state index in [-0.39, 0.29) is 6.03 Å². The van der Waals surface area contributed by atoms with Gasteiger partial charge in [-0.15, -0.1) is 0 Å². The molecule has 0 radical (unpaired) electrons. The van der Waals surface area contributed by atoms with E-state index < -0.39 is 0 Å². The maximum absolute atomic E-state index is 12.1. The van der Waals surface area contributed by atoms with Gasteiger partial charge in [0.25, 0.3) is 0 Å². The summed E-state index contributed by atoms with van der Waals surface area (Å²) in [6.07, 6.45) is 0. The van der Waals surface area contributed by atoms with Gasteiger partial charge in [-0.3, -0.25) is 4.90 Å². The molecule has 2 N–H and O–H groups in total. The minimum atomic E-state index is -0.130. The number of rotatable bonds is 9. The lowest BCUT2D eigenvalue weighted by molar-refractivity contribution is 0.132. The van der Waals surface area contributed by atoms with Crippen molar-refractivity contribution in [2.45, 2.75) is 20.0 Å². The third-order valence-corrected chi connectivity index (χ3v) is 5.72. The smallest absolute Gasteiger partial charge is 0.315 e. The molecule has 0 saturated carbocycles. The zero-order chi connectivity index (χ0) is 21.2. The number of hydrogen-bond acceptors (Lipinski definition) is 4. The first-order valence-corrected chi connectivity index (χ1v) is 10.9. The second-order valence-corrected chi connectivity index (χ2v) is 7.89. The number of nitrogens with one attached hydrogen (secondary N) is 2. The summed E-state index contributed by atoms with van der Waals surface area (Å²) in [4.78, 5) is 19.2. The number of piperazine rings is 1. The SMILES string of the molecule is CCN1CCN(Cc2ccc(CNC(=O)NCCN(C)c3ccccc3)cc2)CC1. The number of carbonyl (C=O) groups is 1. The van der Waals surface area contributed by atoms with Crippen molar-refractivity contribution in [2.24, 2.45) is 0 Å². The highest BCUT2D eigenvalue weighted by Crippen LogP contribution is 2.11. The molecular formula is C24H35N5O. The van der Waals surface area contributed by atoms with E-state index in [1.165, 1.54) is 5.56 Å². The third kappa shape index (κ3) is 7.04. The quantitative estimate of drug-likeness (QED) is 0.669. The molecule has 1 aliphatic rings. The molecule has 6 nitrogen and oxygen atoms in total. The number of benzene rings is 2. The summed E-state index contributed by atoms with van der Waals surface area (Å²) < 4.78 is 0. The molecule has 0 bridgehead atoms. The van der Waals surface area contributed by atoms with Crippen LogP contribution >= 0.6 is 0 Å². The third-order valence-electron chi connectivity index (χ3n) is 5.72. The number of hydrogen-bond donors (Lipinski definition) is 2. The van der Waals surface area contributed by atoms with Crippen molar-refractivity contribution < 1.29 is 4.79 Å². The van der Waals surface area contributed by atoms with Crippen LogP contribution in [0.4, 0.5) is 10.5 Å². The van der Waals surface area contributed by atoms with Gasteiger partial charge in [0.15, 0.2) is 0 Å². The first-order valence-electron chi connectivity index (χ1n) is 10.9. The number of likely N-dealkylation sites (N-methyl/N-ethyl adjacent to an activating group) is 2. The summed E-state index contributed by atoms with van der Waals surface area (Å²) in [6.45, 7) is 10.9. The fourth-order valence-corrected chi connectivity index (χ4v) is 3.68. The van der Waals surface area contributed by atoms with Gasteiger partial charge in [-0.2, -0.15) is 0 Å². The standard InChI is InChI=1S/C24H35N5O/c1-3-28-15-17-29(18-16-28)20-22-11-9-21(10-12-22)19-26-24(30)25-13-14-27(2)23-7-5-4-6-8-23/h4-12H,3,13-20H2,1-2H3,(H2,25,26,30). The van der Waals surface area contributed by atoms with Crippen LogP contribution < -0.4 is 15.5 Å². The summed E-state index contributed by atoms with van der Waals surface area (Å²) in [5, 5.41) is 5.87. The van der Waals surface area contributed by atoms with Crippen LogP contribution in [0.1, 0.15) is 18.1 Å². The zero-order valence-electron chi connectivity index (χ0n) is 18.3. The van der Waals surface area contributed by atoms with E-state index in [2.05, 4.69) is 68.7 Å². The van der Waals surface area contributed by atoms with Gasteiger partial charge in [-0.25, -0.2) is 4.79 Å². The van der Waals surface area contributed by atoms with E-state index in [0.717, 1.165) is 57.1 Å². The van der Waals surface area contributed by atoms with Gasteiger partial charge in [0.2, 0.25) is 0 Å². The molecule has 1 fully saturated rings. The average Bonchev–Trinajstić information content (AvgIpc) is 2.79. The maximum Gasteiger partial charge on any atom is 0.315 e. The fraction of sp³-hybridized carbons (Fsp3) is 0.458. The Bertz CT molecular complexity index is 757. The number of anilines is 1. The maximum atomic E-state index is 12.1. The van der Waals surface area contributed by atoms with Crippen LogP contribution in [0, 0.1) is 0 Å². The van der Waals surface area contributed by atoms with Crippen LogP contribution in [0.2, 0.25) is 0 Å². The van der Waals surface area contributed by atoms with E-state index in [4.69, 9.17) is 0 Å². The number of amides is 2. The van der Waals surface area contributed by atoms with Crippen molar-refractivity contribution >= 4 is 11.7 Å². The normalized spacial score (nSPS) is 15.0. The van der Waals surface area contributed by atoms with Crippen molar-refractivity contribution in [1.82, 2.24) is 20.4 Å². The van der Waals surface area contributed by atoms with Crippen LogP contribution in [0.3, 0.4) is 0 Å². The van der Waals surface area contributed by atoms with E-state index in [1.807, 2.05) is 25.2 Å². The van der Waals surface area contributed by atoms with Gasteiger partial charge in [0, 0.05) is 65.1 Å². The predicted octanol–water partition coefficient (Wildman–Crippen LogP) is 2.76. The summed E-state index contributed by atoms with van der Waals surface area (Å²) >= 11 is 0. The molecule has 0 unspecified atom stereocenters. The molecule has 0 atom stereocenters. The summed E-state index contributed by atoms with van der Waals surface area (Å²) in [5.41, 5.74) is 3.59. The van der Waals surface area contributed by atoms with Crippen molar-refractivity contribution in [3.05, 3.63) is 65.7 Å². The van der Waals surface area contributed by atoms with E-state index in [9.17, 15) is 4.79 Å². The highest BCUT2D eigenvalue weighted by Gasteiger charge is 2.15. The van der Waals surface area contributed by atoms with Crippen molar-refractivity contribution in [1.29, 1.82) is 0 Å². The lowest BCUT2D eigenvalue weighted by Crippen LogP contribution is -2.45. The van der Waals surface area contributed by atoms with Gasteiger partial charge < -0.3 is 20.4 Å². The Morgan fingerprint density at radius 3 is 2.20 bits per heavy atom. The summed E-state index contributed by atoms with van der Waals surface area (Å²) in [7, 11) is 2.03.